The van der Waals surface area contributed by atoms with Gasteiger partial charge < -0.3 is 5.11 Å². The molecule has 1 rings (SSSR count). The average Bonchev–Trinajstić information content (AvgIpc) is 2.17. The standard InChI is InChI=1S/C9H6BrNO2S/c10-3-5-1-6(4-11)7(9(12)13)2-8(5)14/h1-2,14H,3H2,(H,12,13). The Morgan fingerprint density at radius 1 is 1.64 bits per heavy atom. The second-order valence-corrected chi connectivity index (χ2v) is 3.62. The number of benzene rings is 1. The molecule has 14 heavy (non-hydrogen) atoms. The fraction of sp³-hybridized carbons (Fsp3) is 0.111. The summed E-state index contributed by atoms with van der Waals surface area (Å²) in [6.45, 7) is 0. The zero-order valence-electron chi connectivity index (χ0n) is 6.99. The summed E-state index contributed by atoms with van der Waals surface area (Å²) in [5, 5.41) is 18.1. The molecule has 0 saturated carbocycles. The number of carbonyl (C=O) groups is 1. The van der Waals surface area contributed by atoms with Gasteiger partial charge in [-0.2, -0.15) is 5.26 Å². The molecule has 1 aromatic carbocycles. The summed E-state index contributed by atoms with van der Waals surface area (Å²) in [5.74, 6) is -1.11. The number of nitrogens with zero attached hydrogens (tertiary/aromatic N) is 1. The SMILES string of the molecule is N#Cc1cc(CBr)c(S)cc1C(=O)O. The molecule has 1 aromatic rings. The first-order valence-electron chi connectivity index (χ1n) is 3.65. The van der Waals surface area contributed by atoms with Crippen LogP contribution < -0.4 is 0 Å². The number of rotatable bonds is 2. The highest BCUT2D eigenvalue weighted by Gasteiger charge is 2.12. The van der Waals surface area contributed by atoms with E-state index in [9.17, 15) is 4.79 Å². The van der Waals surface area contributed by atoms with E-state index >= 15 is 0 Å². The van der Waals surface area contributed by atoms with Gasteiger partial charge in [-0.1, -0.05) is 15.9 Å². The van der Waals surface area contributed by atoms with Crippen LogP contribution in [-0.2, 0) is 5.33 Å². The van der Waals surface area contributed by atoms with Crippen LogP contribution >= 0.6 is 28.6 Å². The van der Waals surface area contributed by atoms with Crippen LogP contribution in [0.2, 0.25) is 0 Å². The van der Waals surface area contributed by atoms with Crippen molar-refractivity contribution < 1.29 is 9.90 Å². The van der Waals surface area contributed by atoms with Crippen LogP contribution in [0.5, 0.6) is 0 Å². The maximum absolute atomic E-state index is 10.7. The normalized spacial score (nSPS) is 9.50. The largest absolute Gasteiger partial charge is 0.478 e. The summed E-state index contributed by atoms with van der Waals surface area (Å²) in [6.07, 6.45) is 0. The van der Waals surface area contributed by atoms with Gasteiger partial charge in [0.1, 0.15) is 6.07 Å². The Labute approximate surface area is 94.9 Å². The molecule has 0 fully saturated rings. The summed E-state index contributed by atoms with van der Waals surface area (Å²) < 4.78 is 0. The molecule has 0 aliphatic rings. The van der Waals surface area contributed by atoms with Crippen molar-refractivity contribution in [1.82, 2.24) is 0 Å². The van der Waals surface area contributed by atoms with Gasteiger partial charge in [-0.3, -0.25) is 0 Å². The Morgan fingerprint density at radius 3 is 2.71 bits per heavy atom. The van der Waals surface area contributed by atoms with Crippen molar-refractivity contribution in [3.05, 3.63) is 28.8 Å². The van der Waals surface area contributed by atoms with E-state index in [1.54, 1.807) is 0 Å². The maximum Gasteiger partial charge on any atom is 0.337 e. The fourth-order valence-electron chi connectivity index (χ4n) is 1.01. The smallest absolute Gasteiger partial charge is 0.337 e. The minimum Gasteiger partial charge on any atom is -0.478 e. The van der Waals surface area contributed by atoms with E-state index in [4.69, 9.17) is 10.4 Å². The van der Waals surface area contributed by atoms with Crippen LogP contribution in [0.1, 0.15) is 21.5 Å². The molecule has 0 atom stereocenters. The van der Waals surface area contributed by atoms with Gasteiger partial charge in [0.2, 0.25) is 0 Å². The Kier molecular flexibility index (Phi) is 3.55. The number of halogens is 1. The molecule has 72 valence electrons. The minimum atomic E-state index is -1.11. The van der Waals surface area contributed by atoms with Gasteiger partial charge in [0.05, 0.1) is 11.1 Å². The lowest BCUT2D eigenvalue weighted by molar-refractivity contribution is 0.0696. The minimum absolute atomic E-state index is 0.0119. The number of nitriles is 1. The van der Waals surface area contributed by atoms with E-state index in [-0.39, 0.29) is 11.1 Å². The number of carboxylic acids is 1. The van der Waals surface area contributed by atoms with E-state index in [2.05, 4.69) is 28.6 Å². The first kappa shape index (κ1) is 11.1. The lowest BCUT2D eigenvalue weighted by Gasteiger charge is -2.04. The molecule has 0 radical (unpaired) electrons. The van der Waals surface area contributed by atoms with E-state index in [0.29, 0.717) is 10.2 Å². The second kappa shape index (κ2) is 4.49. The molecule has 3 nitrogen and oxygen atoms in total. The third kappa shape index (κ3) is 2.08. The Bertz CT molecular complexity index is 426. The van der Waals surface area contributed by atoms with Gasteiger partial charge in [-0.05, 0) is 17.7 Å². The Morgan fingerprint density at radius 2 is 2.29 bits per heavy atom. The predicted octanol–water partition coefficient (Wildman–Crippen LogP) is 2.44. The van der Waals surface area contributed by atoms with E-state index in [1.165, 1.54) is 12.1 Å². The predicted molar refractivity (Wildman–Crippen MR) is 58.0 cm³/mol. The number of hydrogen-bond acceptors (Lipinski definition) is 3. The molecule has 0 unspecified atom stereocenters. The number of aromatic carboxylic acids is 1. The van der Waals surface area contributed by atoms with Crippen molar-refractivity contribution in [2.75, 3.05) is 0 Å². The van der Waals surface area contributed by atoms with Crippen molar-refractivity contribution in [2.24, 2.45) is 0 Å². The monoisotopic (exact) mass is 271 g/mol. The summed E-state index contributed by atoms with van der Waals surface area (Å²) in [4.78, 5) is 11.3. The van der Waals surface area contributed by atoms with Crippen molar-refractivity contribution in [3.63, 3.8) is 0 Å². The van der Waals surface area contributed by atoms with Crippen LogP contribution in [0, 0.1) is 11.3 Å². The topological polar surface area (TPSA) is 61.1 Å². The first-order valence-corrected chi connectivity index (χ1v) is 5.22. The molecule has 0 aliphatic heterocycles. The molecule has 1 N–H and O–H groups in total. The highest BCUT2D eigenvalue weighted by atomic mass is 79.9. The van der Waals surface area contributed by atoms with Gasteiger partial charge in [-0.25, -0.2) is 4.79 Å². The van der Waals surface area contributed by atoms with Crippen molar-refractivity contribution in [1.29, 1.82) is 5.26 Å². The van der Waals surface area contributed by atoms with Gasteiger partial charge in [0.25, 0.3) is 0 Å². The van der Waals surface area contributed by atoms with Gasteiger partial charge in [0, 0.05) is 10.2 Å². The molecule has 0 amide bonds. The van der Waals surface area contributed by atoms with Gasteiger partial charge in [-0.15, -0.1) is 12.6 Å². The fourth-order valence-corrected chi connectivity index (χ4v) is 1.96. The highest BCUT2D eigenvalue weighted by molar-refractivity contribution is 9.08. The molecule has 0 aliphatic carbocycles. The van der Waals surface area contributed by atoms with Crippen molar-refractivity contribution >= 4 is 34.5 Å². The average molecular weight is 272 g/mol. The molecule has 0 heterocycles. The molecule has 5 heteroatoms. The van der Waals surface area contributed by atoms with Crippen molar-refractivity contribution in [2.45, 2.75) is 10.2 Å². The third-order valence-electron chi connectivity index (χ3n) is 1.71. The number of alkyl halides is 1. The van der Waals surface area contributed by atoms with E-state index in [1.807, 2.05) is 6.07 Å². The van der Waals surface area contributed by atoms with Crippen LogP contribution in [0.15, 0.2) is 17.0 Å². The quantitative estimate of drug-likeness (QED) is 0.642. The second-order valence-electron chi connectivity index (χ2n) is 2.58. The summed E-state index contributed by atoms with van der Waals surface area (Å²) in [5.41, 5.74) is 0.946. The number of hydrogen-bond donors (Lipinski definition) is 2. The molecule has 0 aromatic heterocycles. The van der Waals surface area contributed by atoms with E-state index in [0.717, 1.165) is 5.56 Å². The number of thiol groups is 1. The Balaban J connectivity index is 3.41. The zero-order valence-corrected chi connectivity index (χ0v) is 9.47. The van der Waals surface area contributed by atoms with Crippen LogP contribution in [0.25, 0.3) is 0 Å². The molecule has 0 saturated heterocycles. The van der Waals surface area contributed by atoms with Crippen LogP contribution in [-0.4, -0.2) is 11.1 Å². The lowest BCUT2D eigenvalue weighted by Crippen LogP contribution is -2.01. The van der Waals surface area contributed by atoms with Crippen LogP contribution in [0.3, 0.4) is 0 Å². The van der Waals surface area contributed by atoms with E-state index < -0.39 is 5.97 Å². The Hall–Kier alpha value is -0.990. The van der Waals surface area contributed by atoms with Crippen molar-refractivity contribution in [3.8, 4) is 6.07 Å². The molecule has 0 bridgehead atoms. The first-order chi connectivity index (χ1) is 6.60. The number of carboxylic acid groups (broad SMARTS) is 1. The maximum atomic E-state index is 10.7. The third-order valence-corrected chi connectivity index (χ3v) is 2.73. The molecular weight excluding hydrogens is 266 g/mol. The summed E-state index contributed by atoms with van der Waals surface area (Å²) >= 11 is 7.35. The summed E-state index contributed by atoms with van der Waals surface area (Å²) in [6, 6.07) is 4.76. The van der Waals surface area contributed by atoms with Gasteiger partial charge in [0.15, 0.2) is 0 Å². The molecular formula is C9H6BrNO2S. The van der Waals surface area contributed by atoms with Crippen LogP contribution in [0.4, 0.5) is 0 Å². The summed E-state index contributed by atoms with van der Waals surface area (Å²) in [7, 11) is 0. The molecule has 0 spiro atoms. The highest BCUT2D eigenvalue weighted by Crippen LogP contribution is 2.22. The van der Waals surface area contributed by atoms with Gasteiger partial charge >= 0.3 is 5.97 Å². The lowest BCUT2D eigenvalue weighted by atomic mass is 10.1. The zero-order chi connectivity index (χ0) is 10.7.